The number of anilines is 1. The van der Waals surface area contributed by atoms with Gasteiger partial charge in [0.05, 0.1) is 5.69 Å². The predicted octanol–water partition coefficient (Wildman–Crippen LogP) is 1.72. The molecule has 3 heterocycles. The first-order valence-electron chi connectivity index (χ1n) is 9.54. The van der Waals surface area contributed by atoms with Crippen LogP contribution in [0.1, 0.15) is 31.9 Å². The van der Waals surface area contributed by atoms with Crippen molar-refractivity contribution in [2.45, 2.75) is 32.6 Å². The largest absolute Gasteiger partial charge is 0.342 e. The molecular formula is C19H25FN4O2. The summed E-state index contributed by atoms with van der Waals surface area (Å²) >= 11 is 0. The third-order valence-corrected chi connectivity index (χ3v) is 5.97. The smallest absolute Gasteiger partial charge is 0.288 e. The summed E-state index contributed by atoms with van der Waals surface area (Å²) in [6, 6.07) is 0. The van der Waals surface area contributed by atoms with Crippen molar-refractivity contribution in [2.75, 3.05) is 31.1 Å². The topological polar surface area (TPSA) is 69.3 Å². The molecule has 0 spiro atoms. The monoisotopic (exact) mass is 360 g/mol. The first kappa shape index (κ1) is 17.2. The number of carbonyl (C=O) groups is 1. The molecular weight excluding hydrogens is 335 g/mol. The standard InChI is InChI=1S/C19H25FN4O2/c1-2-15-16(20)17(25)22-19(21-15)24-10-13-8-23(9-14(13)11-24)18(26)12-6-4-3-5-7-12/h3-4,12-14H,2,5-11H2,1H3,(H,21,22,25). The molecule has 3 unspecified atom stereocenters. The molecule has 3 atom stereocenters. The van der Waals surface area contributed by atoms with Crippen LogP contribution in [-0.2, 0) is 11.2 Å². The van der Waals surface area contributed by atoms with Gasteiger partial charge in [-0.15, -0.1) is 0 Å². The number of fused-ring (bicyclic) bond motifs is 1. The number of H-pyrrole nitrogens is 1. The average molecular weight is 360 g/mol. The van der Waals surface area contributed by atoms with Crippen molar-refractivity contribution in [2.24, 2.45) is 17.8 Å². The minimum Gasteiger partial charge on any atom is -0.342 e. The van der Waals surface area contributed by atoms with Crippen LogP contribution in [0.2, 0.25) is 0 Å². The number of aromatic amines is 1. The van der Waals surface area contributed by atoms with E-state index in [-0.39, 0.29) is 17.5 Å². The number of rotatable bonds is 3. The van der Waals surface area contributed by atoms with Gasteiger partial charge in [0, 0.05) is 43.9 Å². The number of aryl methyl sites for hydroxylation is 1. The Hall–Kier alpha value is -2.18. The maximum atomic E-state index is 13.7. The lowest BCUT2D eigenvalue weighted by molar-refractivity contribution is -0.135. The Morgan fingerprint density at radius 3 is 2.62 bits per heavy atom. The van der Waals surface area contributed by atoms with E-state index >= 15 is 0 Å². The second kappa shape index (κ2) is 6.85. The lowest BCUT2D eigenvalue weighted by Crippen LogP contribution is -2.38. The highest BCUT2D eigenvalue weighted by molar-refractivity contribution is 5.79. The van der Waals surface area contributed by atoms with Crippen molar-refractivity contribution in [3.05, 3.63) is 34.0 Å². The molecule has 0 saturated carbocycles. The summed E-state index contributed by atoms with van der Waals surface area (Å²) in [7, 11) is 0. The van der Waals surface area contributed by atoms with Gasteiger partial charge in [0.2, 0.25) is 17.7 Å². The summed E-state index contributed by atoms with van der Waals surface area (Å²) in [6.07, 6.45) is 7.47. The summed E-state index contributed by atoms with van der Waals surface area (Å²) in [6.45, 7) is 4.82. The Kier molecular flexibility index (Phi) is 4.54. The quantitative estimate of drug-likeness (QED) is 0.834. The van der Waals surface area contributed by atoms with Gasteiger partial charge in [0.1, 0.15) is 0 Å². The number of halogens is 1. The van der Waals surface area contributed by atoms with Gasteiger partial charge < -0.3 is 9.80 Å². The molecule has 140 valence electrons. The van der Waals surface area contributed by atoms with Crippen LogP contribution in [0, 0.1) is 23.6 Å². The number of amides is 1. The van der Waals surface area contributed by atoms with Crippen LogP contribution < -0.4 is 10.5 Å². The number of hydrogen-bond donors (Lipinski definition) is 1. The molecule has 1 aromatic heterocycles. The number of nitrogens with one attached hydrogen (secondary N) is 1. The molecule has 2 aliphatic heterocycles. The van der Waals surface area contributed by atoms with Gasteiger partial charge in [-0.3, -0.25) is 14.6 Å². The second-order valence-electron chi connectivity index (χ2n) is 7.65. The molecule has 1 aliphatic carbocycles. The molecule has 2 saturated heterocycles. The Balaban J connectivity index is 1.42. The molecule has 3 aliphatic rings. The van der Waals surface area contributed by atoms with Gasteiger partial charge >= 0.3 is 0 Å². The SMILES string of the molecule is CCc1nc(N2CC3CN(C(=O)C4CC=CCC4)CC3C2)[nH]c(=O)c1F. The number of aromatic nitrogens is 2. The van der Waals surface area contributed by atoms with Crippen molar-refractivity contribution in [1.82, 2.24) is 14.9 Å². The van der Waals surface area contributed by atoms with Gasteiger partial charge in [0.25, 0.3) is 5.56 Å². The van der Waals surface area contributed by atoms with E-state index in [9.17, 15) is 14.0 Å². The second-order valence-corrected chi connectivity index (χ2v) is 7.65. The zero-order valence-electron chi connectivity index (χ0n) is 15.1. The molecule has 0 aromatic carbocycles. The average Bonchev–Trinajstić information content (AvgIpc) is 3.23. The van der Waals surface area contributed by atoms with Crippen molar-refractivity contribution in [3.63, 3.8) is 0 Å². The van der Waals surface area contributed by atoms with Gasteiger partial charge in [-0.1, -0.05) is 19.1 Å². The Bertz CT molecular complexity index is 776. The first-order valence-corrected chi connectivity index (χ1v) is 9.54. The van der Waals surface area contributed by atoms with Crippen LogP contribution in [0.25, 0.3) is 0 Å². The first-order chi connectivity index (χ1) is 12.6. The van der Waals surface area contributed by atoms with E-state index in [4.69, 9.17) is 0 Å². The fraction of sp³-hybridized carbons (Fsp3) is 0.632. The number of hydrogen-bond acceptors (Lipinski definition) is 4. The van der Waals surface area contributed by atoms with Gasteiger partial charge in [-0.2, -0.15) is 4.39 Å². The summed E-state index contributed by atoms with van der Waals surface area (Å²) in [4.78, 5) is 35.4. The molecule has 6 nitrogen and oxygen atoms in total. The fourth-order valence-electron chi connectivity index (χ4n) is 4.50. The predicted molar refractivity (Wildman–Crippen MR) is 96.4 cm³/mol. The lowest BCUT2D eigenvalue weighted by Gasteiger charge is -2.26. The maximum Gasteiger partial charge on any atom is 0.288 e. The van der Waals surface area contributed by atoms with Gasteiger partial charge in [-0.05, 0) is 25.7 Å². The van der Waals surface area contributed by atoms with Crippen LogP contribution in [0.4, 0.5) is 10.3 Å². The van der Waals surface area contributed by atoms with Crippen molar-refractivity contribution in [1.29, 1.82) is 0 Å². The van der Waals surface area contributed by atoms with Gasteiger partial charge in [0.15, 0.2) is 0 Å². The number of carbonyl (C=O) groups excluding carboxylic acids is 1. The van der Waals surface area contributed by atoms with Crippen LogP contribution in [0.15, 0.2) is 16.9 Å². The van der Waals surface area contributed by atoms with Crippen LogP contribution >= 0.6 is 0 Å². The third-order valence-electron chi connectivity index (χ3n) is 5.97. The highest BCUT2D eigenvalue weighted by Crippen LogP contribution is 2.34. The highest BCUT2D eigenvalue weighted by atomic mass is 19.1. The molecule has 2 fully saturated rings. The van der Waals surface area contributed by atoms with E-state index in [1.807, 2.05) is 9.80 Å². The Labute approximate surface area is 152 Å². The van der Waals surface area contributed by atoms with Crippen LogP contribution in [0.3, 0.4) is 0 Å². The van der Waals surface area contributed by atoms with E-state index in [0.717, 1.165) is 45.4 Å². The normalized spacial score (nSPS) is 27.8. The third kappa shape index (κ3) is 3.04. The number of nitrogens with zero attached hydrogens (tertiary/aromatic N) is 3. The molecule has 1 amide bonds. The fourth-order valence-corrected chi connectivity index (χ4v) is 4.50. The van der Waals surface area contributed by atoms with E-state index in [1.54, 1.807) is 6.92 Å². The molecule has 0 bridgehead atoms. The van der Waals surface area contributed by atoms with E-state index < -0.39 is 11.4 Å². The van der Waals surface area contributed by atoms with Crippen molar-refractivity contribution >= 4 is 11.9 Å². The van der Waals surface area contributed by atoms with Crippen LogP contribution in [0.5, 0.6) is 0 Å². The Morgan fingerprint density at radius 2 is 2.00 bits per heavy atom. The maximum absolute atomic E-state index is 13.7. The minimum atomic E-state index is -0.783. The zero-order valence-corrected chi connectivity index (χ0v) is 15.1. The van der Waals surface area contributed by atoms with Crippen LogP contribution in [-0.4, -0.2) is 47.0 Å². The summed E-state index contributed by atoms with van der Waals surface area (Å²) in [5.74, 6) is 0.873. The van der Waals surface area contributed by atoms with E-state index in [1.165, 1.54) is 0 Å². The molecule has 0 radical (unpaired) electrons. The van der Waals surface area contributed by atoms with E-state index in [0.29, 0.717) is 24.2 Å². The number of allylic oxidation sites excluding steroid dienone is 2. The zero-order chi connectivity index (χ0) is 18.3. The molecule has 1 aromatic rings. The molecule has 7 heteroatoms. The number of likely N-dealkylation sites (tertiary alicyclic amines) is 1. The Morgan fingerprint density at radius 1 is 1.27 bits per heavy atom. The lowest BCUT2D eigenvalue weighted by atomic mass is 9.93. The van der Waals surface area contributed by atoms with E-state index in [2.05, 4.69) is 22.1 Å². The molecule has 1 N–H and O–H groups in total. The highest BCUT2D eigenvalue weighted by Gasteiger charge is 2.43. The molecule has 4 rings (SSSR count). The molecule has 26 heavy (non-hydrogen) atoms. The summed E-state index contributed by atoms with van der Waals surface area (Å²) in [5, 5.41) is 0. The minimum absolute atomic E-state index is 0.136. The van der Waals surface area contributed by atoms with Crippen molar-refractivity contribution in [3.8, 4) is 0 Å². The van der Waals surface area contributed by atoms with Gasteiger partial charge in [-0.25, -0.2) is 4.98 Å². The summed E-state index contributed by atoms with van der Waals surface area (Å²) < 4.78 is 13.7. The van der Waals surface area contributed by atoms with Crippen molar-refractivity contribution < 1.29 is 9.18 Å². The summed E-state index contributed by atoms with van der Waals surface area (Å²) in [5.41, 5.74) is -0.492.